The summed E-state index contributed by atoms with van der Waals surface area (Å²) in [6.07, 6.45) is -0.0896. The molecule has 0 fully saturated rings. The van der Waals surface area contributed by atoms with Gasteiger partial charge in [0.2, 0.25) is 0 Å². The van der Waals surface area contributed by atoms with Crippen molar-refractivity contribution < 1.29 is 4.74 Å². The number of benzene rings is 2. The molecule has 0 aliphatic heterocycles. The van der Waals surface area contributed by atoms with Crippen LogP contribution in [0.25, 0.3) is 0 Å². The fraction of sp³-hybridized carbons (Fsp3) is 0.188. The van der Waals surface area contributed by atoms with Crippen LogP contribution in [0.15, 0.2) is 42.5 Å². The van der Waals surface area contributed by atoms with Crippen LogP contribution in [0.5, 0.6) is 5.75 Å². The zero-order valence-corrected chi connectivity index (χ0v) is 11.1. The number of nitriles is 1. The molecule has 1 unspecified atom stereocenters. The van der Waals surface area contributed by atoms with Gasteiger partial charge in [0.05, 0.1) is 11.6 Å². The Morgan fingerprint density at radius 2 is 1.84 bits per heavy atom. The number of anilines is 1. The first-order chi connectivity index (χ1) is 9.10. The van der Waals surface area contributed by atoms with Crippen molar-refractivity contribution in [1.82, 2.24) is 0 Å². The van der Waals surface area contributed by atoms with Gasteiger partial charge in [0.25, 0.3) is 0 Å². The average Bonchev–Trinajstić information content (AvgIpc) is 2.42. The lowest BCUT2D eigenvalue weighted by Gasteiger charge is -2.17. The lowest BCUT2D eigenvalue weighted by atomic mass is 10.1. The number of hydrogen-bond acceptors (Lipinski definition) is 3. The topological polar surface area (TPSA) is 59.0 Å². The Hall–Kier alpha value is -2.47. The summed E-state index contributed by atoms with van der Waals surface area (Å²) in [5.74, 6) is 0.739. The van der Waals surface area contributed by atoms with Gasteiger partial charge in [-0.3, -0.25) is 0 Å². The second kappa shape index (κ2) is 5.45. The number of nitrogens with two attached hydrogens (primary N) is 1. The second-order valence-corrected chi connectivity index (χ2v) is 4.52. The zero-order valence-electron chi connectivity index (χ0n) is 11.1. The van der Waals surface area contributed by atoms with E-state index in [4.69, 9.17) is 15.7 Å². The highest BCUT2D eigenvalue weighted by Gasteiger charge is 2.09. The second-order valence-electron chi connectivity index (χ2n) is 4.52. The molecule has 3 nitrogen and oxygen atoms in total. The van der Waals surface area contributed by atoms with Gasteiger partial charge in [0, 0.05) is 5.69 Å². The molecule has 0 spiro atoms. The number of hydrogen-bond donors (Lipinski definition) is 1. The van der Waals surface area contributed by atoms with E-state index >= 15 is 0 Å². The highest BCUT2D eigenvalue weighted by molar-refractivity contribution is 5.43. The van der Waals surface area contributed by atoms with E-state index in [1.54, 1.807) is 12.1 Å². The summed E-state index contributed by atoms with van der Waals surface area (Å²) in [7, 11) is 0. The number of nitrogen functional groups attached to an aromatic ring is 1. The molecule has 0 bridgehead atoms. The smallest absolute Gasteiger partial charge is 0.124 e. The fourth-order valence-electron chi connectivity index (χ4n) is 1.82. The molecule has 19 heavy (non-hydrogen) atoms. The van der Waals surface area contributed by atoms with Gasteiger partial charge in [0.1, 0.15) is 11.9 Å². The summed E-state index contributed by atoms with van der Waals surface area (Å²) in [6, 6.07) is 15.2. The van der Waals surface area contributed by atoms with Gasteiger partial charge in [-0.2, -0.15) is 5.26 Å². The molecule has 2 aromatic carbocycles. The Kier molecular flexibility index (Phi) is 3.72. The van der Waals surface area contributed by atoms with Crippen molar-refractivity contribution in [1.29, 1.82) is 5.26 Å². The van der Waals surface area contributed by atoms with Crippen molar-refractivity contribution in [2.24, 2.45) is 0 Å². The van der Waals surface area contributed by atoms with Crippen LogP contribution in [0.2, 0.25) is 0 Å². The number of ether oxygens (including phenoxy) is 1. The van der Waals surface area contributed by atoms with Crippen molar-refractivity contribution in [3.63, 3.8) is 0 Å². The van der Waals surface area contributed by atoms with E-state index in [0.29, 0.717) is 5.56 Å². The highest BCUT2D eigenvalue weighted by Crippen LogP contribution is 2.26. The molecule has 0 amide bonds. The van der Waals surface area contributed by atoms with E-state index in [1.165, 1.54) is 0 Å². The maximum atomic E-state index is 8.92. The maximum Gasteiger partial charge on any atom is 0.124 e. The molecule has 0 radical (unpaired) electrons. The van der Waals surface area contributed by atoms with Crippen molar-refractivity contribution >= 4 is 5.69 Å². The van der Waals surface area contributed by atoms with Crippen LogP contribution in [-0.4, -0.2) is 0 Å². The number of rotatable bonds is 3. The molecule has 0 aromatic heterocycles. The summed E-state index contributed by atoms with van der Waals surface area (Å²) >= 11 is 0. The zero-order chi connectivity index (χ0) is 13.8. The first-order valence-corrected chi connectivity index (χ1v) is 6.13. The van der Waals surface area contributed by atoms with Crippen LogP contribution in [-0.2, 0) is 0 Å². The van der Waals surface area contributed by atoms with Crippen molar-refractivity contribution in [2.45, 2.75) is 20.0 Å². The van der Waals surface area contributed by atoms with Crippen LogP contribution in [0.1, 0.15) is 29.7 Å². The van der Waals surface area contributed by atoms with Gasteiger partial charge >= 0.3 is 0 Å². The molecule has 96 valence electrons. The van der Waals surface area contributed by atoms with Crippen LogP contribution in [0.3, 0.4) is 0 Å². The largest absolute Gasteiger partial charge is 0.486 e. The van der Waals surface area contributed by atoms with Gasteiger partial charge in [-0.15, -0.1) is 0 Å². The van der Waals surface area contributed by atoms with Gasteiger partial charge in [-0.25, -0.2) is 0 Å². The van der Waals surface area contributed by atoms with Gasteiger partial charge in [-0.05, 0) is 49.2 Å². The molecule has 2 N–H and O–H groups in total. The van der Waals surface area contributed by atoms with Gasteiger partial charge in [0.15, 0.2) is 0 Å². The first kappa shape index (κ1) is 13.0. The predicted molar refractivity (Wildman–Crippen MR) is 75.8 cm³/mol. The summed E-state index contributed by atoms with van der Waals surface area (Å²) in [5.41, 5.74) is 9.07. The molecule has 2 aromatic rings. The lowest BCUT2D eigenvalue weighted by molar-refractivity contribution is 0.225. The Morgan fingerprint density at radius 3 is 2.47 bits per heavy atom. The molecule has 1 atom stereocenters. The standard InChI is InChI=1S/C16H16N2O/c1-11-3-4-13(10-17)9-16(11)19-12(2)14-5-7-15(18)8-6-14/h3-9,12H,18H2,1-2H3. The number of nitrogens with zero attached hydrogens (tertiary/aromatic N) is 1. The van der Waals surface area contributed by atoms with Crippen molar-refractivity contribution in [2.75, 3.05) is 5.73 Å². The van der Waals surface area contributed by atoms with E-state index in [1.807, 2.05) is 44.2 Å². The van der Waals surface area contributed by atoms with Crippen molar-refractivity contribution in [3.8, 4) is 11.8 Å². The van der Waals surface area contributed by atoms with Crippen molar-refractivity contribution in [3.05, 3.63) is 59.2 Å². The molecule has 0 saturated carbocycles. The molecule has 0 heterocycles. The van der Waals surface area contributed by atoms with Gasteiger partial charge in [-0.1, -0.05) is 18.2 Å². The van der Waals surface area contributed by atoms with Gasteiger partial charge < -0.3 is 10.5 Å². The Morgan fingerprint density at radius 1 is 1.16 bits per heavy atom. The Bertz CT molecular complexity index is 612. The van der Waals surface area contributed by atoms with E-state index < -0.39 is 0 Å². The fourth-order valence-corrected chi connectivity index (χ4v) is 1.82. The monoisotopic (exact) mass is 252 g/mol. The molecule has 2 rings (SSSR count). The summed E-state index contributed by atoms with van der Waals surface area (Å²) in [5, 5.41) is 8.92. The molecule has 0 saturated heterocycles. The highest BCUT2D eigenvalue weighted by atomic mass is 16.5. The van der Waals surface area contributed by atoms with Crippen LogP contribution >= 0.6 is 0 Å². The van der Waals surface area contributed by atoms with E-state index in [0.717, 1.165) is 22.6 Å². The Labute approximate surface area is 113 Å². The van der Waals surface area contributed by atoms with Crippen LogP contribution in [0, 0.1) is 18.3 Å². The lowest BCUT2D eigenvalue weighted by Crippen LogP contribution is -2.04. The maximum absolute atomic E-state index is 8.92. The van der Waals surface area contributed by atoms with E-state index in [9.17, 15) is 0 Å². The minimum absolute atomic E-state index is 0.0896. The first-order valence-electron chi connectivity index (χ1n) is 6.13. The quantitative estimate of drug-likeness (QED) is 0.849. The molecule has 3 heteroatoms. The van der Waals surface area contributed by atoms with Crippen LogP contribution in [0.4, 0.5) is 5.69 Å². The minimum Gasteiger partial charge on any atom is -0.486 e. The molecule has 0 aliphatic rings. The minimum atomic E-state index is -0.0896. The van der Waals surface area contributed by atoms with E-state index in [-0.39, 0.29) is 6.10 Å². The number of aryl methyl sites for hydroxylation is 1. The summed E-state index contributed by atoms with van der Waals surface area (Å²) < 4.78 is 5.92. The normalized spacial score (nSPS) is 11.6. The third-order valence-electron chi connectivity index (χ3n) is 3.03. The predicted octanol–water partition coefficient (Wildman–Crippen LogP) is 3.59. The third kappa shape index (κ3) is 3.05. The summed E-state index contributed by atoms with van der Waals surface area (Å²) in [4.78, 5) is 0. The van der Waals surface area contributed by atoms with E-state index in [2.05, 4.69) is 6.07 Å². The average molecular weight is 252 g/mol. The third-order valence-corrected chi connectivity index (χ3v) is 3.03. The van der Waals surface area contributed by atoms with Crippen LogP contribution < -0.4 is 10.5 Å². The molecular weight excluding hydrogens is 236 g/mol. The Balaban J connectivity index is 2.21. The summed E-state index contributed by atoms with van der Waals surface area (Å²) in [6.45, 7) is 3.94. The SMILES string of the molecule is Cc1ccc(C#N)cc1OC(C)c1ccc(N)cc1. The molecule has 0 aliphatic carbocycles. The molecular formula is C16H16N2O.